The first-order valence-corrected chi connectivity index (χ1v) is 3.89. The maximum absolute atomic E-state index is 12.5. The van der Waals surface area contributed by atoms with Gasteiger partial charge in [-0.25, -0.2) is 11.9 Å². The minimum Gasteiger partial charge on any atom is -0.330 e. The SMILES string of the molecule is CN(I)CC(F)(F)CCN. The third-order valence-electron chi connectivity index (χ3n) is 0.959. The number of nitrogens with zero attached hydrogens (tertiary/aromatic N) is 1. The highest BCUT2D eigenvalue weighted by Gasteiger charge is 2.28. The molecule has 0 spiro atoms. The van der Waals surface area contributed by atoms with Gasteiger partial charge in [-0.1, -0.05) is 0 Å². The first-order chi connectivity index (χ1) is 4.48. The number of hydrogen-bond acceptors (Lipinski definition) is 2. The lowest BCUT2D eigenvalue weighted by molar-refractivity contribution is -0.0129. The lowest BCUT2D eigenvalue weighted by Crippen LogP contribution is -2.31. The third-order valence-corrected chi connectivity index (χ3v) is 1.30. The molecule has 5 heteroatoms. The first kappa shape index (κ1) is 10.5. The summed E-state index contributed by atoms with van der Waals surface area (Å²) >= 11 is 1.82. The largest absolute Gasteiger partial charge is 0.330 e. The Hall–Kier alpha value is 0.510. The Morgan fingerprint density at radius 1 is 1.60 bits per heavy atom. The van der Waals surface area contributed by atoms with E-state index < -0.39 is 5.92 Å². The van der Waals surface area contributed by atoms with Crippen molar-refractivity contribution >= 4 is 22.9 Å². The molecular formula is C5H11F2IN2. The van der Waals surface area contributed by atoms with Gasteiger partial charge >= 0.3 is 0 Å². The molecule has 0 unspecified atom stereocenters. The summed E-state index contributed by atoms with van der Waals surface area (Å²) < 4.78 is 26.5. The number of alkyl halides is 2. The molecule has 0 aromatic heterocycles. The molecule has 0 atom stereocenters. The van der Waals surface area contributed by atoms with Gasteiger partial charge in [-0.3, -0.25) is 0 Å². The van der Waals surface area contributed by atoms with Gasteiger partial charge in [0.05, 0.1) is 6.54 Å². The van der Waals surface area contributed by atoms with Crippen LogP contribution in [-0.2, 0) is 0 Å². The van der Waals surface area contributed by atoms with Crippen molar-refractivity contribution in [3.63, 3.8) is 0 Å². The molecule has 2 nitrogen and oxygen atoms in total. The first-order valence-electron chi connectivity index (χ1n) is 2.93. The van der Waals surface area contributed by atoms with Crippen LogP contribution in [0, 0.1) is 0 Å². The quantitative estimate of drug-likeness (QED) is 0.611. The summed E-state index contributed by atoms with van der Waals surface area (Å²) in [6, 6.07) is 0. The molecule has 0 fully saturated rings. The standard InChI is InChI=1S/C5H11F2IN2/c1-10(8)4-5(6,7)2-3-9/h2-4,9H2,1H3. The van der Waals surface area contributed by atoms with Crippen LogP contribution < -0.4 is 5.73 Å². The summed E-state index contributed by atoms with van der Waals surface area (Å²) in [5.41, 5.74) is 4.99. The Morgan fingerprint density at radius 3 is 2.40 bits per heavy atom. The topological polar surface area (TPSA) is 29.3 Å². The van der Waals surface area contributed by atoms with Gasteiger partial charge in [-0.05, 0) is 13.6 Å². The molecule has 10 heavy (non-hydrogen) atoms. The molecule has 62 valence electrons. The fourth-order valence-corrected chi connectivity index (χ4v) is 1.11. The van der Waals surface area contributed by atoms with E-state index in [2.05, 4.69) is 0 Å². The van der Waals surface area contributed by atoms with E-state index in [1.807, 2.05) is 22.9 Å². The van der Waals surface area contributed by atoms with E-state index >= 15 is 0 Å². The summed E-state index contributed by atoms with van der Waals surface area (Å²) in [6.07, 6.45) is -0.236. The van der Waals surface area contributed by atoms with E-state index in [1.165, 1.54) is 3.11 Å². The van der Waals surface area contributed by atoms with Gasteiger partial charge in [0.1, 0.15) is 0 Å². The molecule has 0 aliphatic heterocycles. The van der Waals surface area contributed by atoms with Gasteiger partial charge in [0.15, 0.2) is 0 Å². The highest BCUT2D eigenvalue weighted by molar-refractivity contribution is 14.1. The molecule has 0 rings (SSSR count). The molecule has 0 bridgehead atoms. The van der Waals surface area contributed by atoms with Crippen LogP contribution >= 0.6 is 22.9 Å². The minimum atomic E-state index is -2.63. The zero-order valence-corrected chi connectivity index (χ0v) is 7.94. The van der Waals surface area contributed by atoms with Gasteiger partial charge in [0.25, 0.3) is 5.92 Å². The van der Waals surface area contributed by atoms with E-state index in [0.717, 1.165) is 0 Å². The Balaban J connectivity index is 3.63. The summed E-state index contributed by atoms with van der Waals surface area (Å²) in [4.78, 5) is 0. The average molecular weight is 264 g/mol. The Bertz CT molecular complexity index is 97.6. The molecule has 0 saturated carbocycles. The van der Waals surface area contributed by atoms with E-state index in [-0.39, 0.29) is 19.5 Å². The molecule has 0 aliphatic rings. The lowest BCUT2D eigenvalue weighted by Gasteiger charge is -2.17. The molecule has 0 aromatic rings. The van der Waals surface area contributed by atoms with Crippen molar-refractivity contribution in [2.75, 3.05) is 20.1 Å². The molecule has 0 aliphatic carbocycles. The van der Waals surface area contributed by atoms with Crippen molar-refractivity contribution < 1.29 is 8.78 Å². The maximum atomic E-state index is 12.5. The predicted octanol–water partition coefficient (Wildman–Crippen LogP) is 1.25. The molecule has 0 amide bonds. The van der Waals surface area contributed by atoms with E-state index in [9.17, 15) is 8.78 Å². The van der Waals surface area contributed by atoms with Crippen LogP contribution in [0.5, 0.6) is 0 Å². The molecule has 0 saturated heterocycles. The monoisotopic (exact) mass is 264 g/mol. The number of hydrogen-bond donors (Lipinski definition) is 1. The third kappa shape index (κ3) is 5.31. The van der Waals surface area contributed by atoms with Gasteiger partial charge in [-0.15, -0.1) is 0 Å². The summed E-state index contributed by atoms with van der Waals surface area (Å²) in [6.45, 7) is -0.192. The zero-order valence-electron chi connectivity index (χ0n) is 5.78. The van der Waals surface area contributed by atoms with Gasteiger partial charge < -0.3 is 5.73 Å². The smallest absolute Gasteiger partial charge is 0.262 e. The highest BCUT2D eigenvalue weighted by atomic mass is 127. The summed E-state index contributed by atoms with van der Waals surface area (Å²) in [5, 5.41) is 0. The Labute approximate surface area is 73.2 Å². The zero-order chi connectivity index (χ0) is 8.20. The molecule has 2 N–H and O–H groups in total. The van der Waals surface area contributed by atoms with Gasteiger partial charge in [-0.2, -0.15) is 0 Å². The minimum absolute atomic E-state index is 0.0392. The van der Waals surface area contributed by atoms with Crippen LogP contribution in [0.1, 0.15) is 6.42 Å². The van der Waals surface area contributed by atoms with Crippen molar-refractivity contribution in [1.82, 2.24) is 3.11 Å². The summed E-state index contributed by atoms with van der Waals surface area (Å²) in [5.74, 6) is -2.63. The van der Waals surface area contributed by atoms with Crippen molar-refractivity contribution in [2.24, 2.45) is 5.73 Å². The van der Waals surface area contributed by atoms with E-state index in [0.29, 0.717) is 0 Å². The van der Waals surface area contributed by atoms with Crippen LogP contribution in [0.25, 0.3) is 0 Å². The van der Waals surface area contributed by atoms with Crippen LogP contribution in [0.2, 0.25) is 0 Å². The molecular weight excluding hydrogens is 253 g/mol. The number of nitrogens with two attached hydrogens (primary N) is 1. The molecule has 0 aromatic carbocycles. The molecule has 0 radical (unpaired) electrons. The fourth-order valence-electron chi connectivity index (χ4n) is 0.609. The van der Waals surface area contributed by atoms with Crippen molar-refractivity contribution in [3.05, 3.63) is 0 Å². The number of halogens is 3. The number of rotatable bonds is 4. The second kappa shape index (κ2) is 4.40. The lowest BCUT2D eigenvalue weighted by atomic mass is 10.2. The predicted molar refractivity (Wildman–Crippen MR) is 45.3 cm³/mol. The second-order valence-corrected chi connectivity index (χ2v) is 3.80. The fraction of sp³-hybridized carbons (Fsp3) is 1.00. The van der Waals surface area contributed by atoms with Crippen LogP contribution in [0.4, 0.5) is 8.78 Å². The van der Waals surface area contributed by atoms with Gasteiger partial charge in [0, 0.05) is 29.3 Å². The van der Waals surface area contributed by atoms with E-state index in [1.54, 1.807) is 7.05 Å². The summed E-state index contributed by atoms with van der Waals surface area (Å²) in [7, 11) is 1.60. The Kier molecular flexibility index (Phi) is 4.63. The van der Waals surface area contributed by atoms with Crippen molar-refractivity contribution in [3.8, 4) is 0 Å². The molecule has 0 heterocycles. The second-order valence-electron chi connectivity index (χ2n) is 2.16. The Morgan fingerprint density at radius 2 is 2.10 bits per heavy atom. The van der Waals surface area contributed by atoms with Crippen LogP contribution in [0.15, 0.2) is 0 Å². The van der Waals surface area contributed by atoms with Crippen LogP contribution in [-0.4, -0.2) is 29.2 Å². The van der Waals surface area contributed by atoms with Crippen LogP contribution in [0.3, 0.4) is 0 Å². The van der Waals surface area contributed by atoms with Crippen molar-refractivity contribution in [1.29, 1.82) is 0 Å². The highest BCUT2D eigenvalue weighted by Crippen LogP contribution is 2.19. The van der Waals surface area contributed by atoms with E-state index in [4.69, 9.17) is 5.73 Å². The van der Waals surface area contributed by atoms with Crippen molar-refractivity contribution in [2.45, 2.75) is 12.3 Å². The maximum Gasteiger partial charge on any atom is 0.262 e. The van der Waals surface area contributed by atoms with Gasteiger partial charge in [0.2, 0.25) is 0 Å². The average Bonchev–Trinajstić information content (AvgIpc) is 1.59. The normalized spacial score (nSPS) is 12.6.